The first-order valence-electron chi connectivity index (χ1n) is 9.12. The molecule has 0 unspecified atom stereocenters. The number of ether oxygens (including phenoxy) is 2. The van der Waals surface area contributed by atoms with Crippen LogP contribution in [0.2, 0.25) is 0 Å². The number of nitrogens with one attached hydrogen (secondary N) is 1. The van der Waals surface area contributed by atoms with E-state index in [-0.39, 0.29) is 30.4 Å². The monoisotopic (exact) mass is 378 g/mol. The van der Waals surface area contributed by atoms with Crippen LogP contribution < -0.4 is 20.9 Å². The van der Waals surface area contributed by atoms with E-state index in [1.165, 1.54) is 11.8 Å². The number of anilines is 2. The summed E-state index contributed by atoms with van der Waals surface area (Å²) in [5.41, 5.74) is 7.24. The Labute approximate surface area is 156 Å². The Kier molecular flexibility index (Phi) is 4.65. The van der Waals surface area contributed by atoms with Crippen molar-refractivity contribution in [2.24, 2.45) is 5.73 Å². The highest BCUT2D eigenvalue weighted by molar-refractivity contribution is 5.94. The Morgan fingerprint density at radius 3 is 2.93 bits per heavy atom. The van der Waals surface area contributed by atoms with E-state index in [1.54, 1.807) is 12.1 Å². The number of carbonyl (C=O) groups excluding carboxylic acids is 2. The van der Waals surface area contributed by atoms with Crippen molar-refractivity contribution in [3.8, 4) is 0 Å². The molecule has 27 heavy (non-hydrogen) atoms. The molecular formula is C18H23FN4O4. The number of hydrogen-bond donors (Lipinski definition) is 2. The molecule has 0 aliphatic carbocycles. The van der Waals surface area contributed by atoms with Gasteiger partial charge in [0, 0.05) is 38.5 Å². The fourth-order valence-electron chi connectivity index (χ4n) is 4.04. The van der Waals surface area contributed by atoms with Crippen LogP contribution in [0.5, 0.6) is 0 Å². The molecule has 3 aliphatic heterocycles. The van der Waals surface area contributed by atoms with Gasteiger partial charge < -0.3 is 25.4 Å². The van der Waals surface area contributed by atoms with E-state index in [0.717, 1.165) is 0 Å². The summed E-state index contributed by atoms with van der Waals surface area (Å²) in [6.07, 6.45) is -0.764. The van der Waals surface area contributed by atoms with E-state index in [9.17, 15) is 9.59 Å². The molecule has 146 valence electrons. The number of nitrogens with zero attached hydrogens (tertiary/aromatic N) is 2. The minimum atomic E-state index is -0.504. The van der Waals surface area contributed by atoms with Crippen LogP contribution in [0.4, 0.5) is 20.6 Å². The lowest BCUT2D eigenvalue weighted by molar-refractivity contribution is -0.119. The van der Waals surface area contributed by atoms with Crippen LogP contribution >= 0.6 is 0 Å². The van der Waals surface area contributed by atoms with Crippen molar-refractivity contribution in [2.45, 2.75) is 31.6 Å². The van der Waals surface area contributed by atoms with Crippen LogP contribution in [-0.4, -0.2) is 63.0 Å². The Bertz CT molecular complexity index is 774. The zero-order valence-electron chi connectivity index (χ0n) is 15.1. The summed E-state index contributed by atoms with van der Waals surface area (Å²) in [7, 11) is 0. The average Bonchev–Trinajstić information content (AvgIpc) is 3.19. The van der Waals surface area contributed by atoms with E-state index in [2.05, 4.69) is 5.32 Å². The summed E-state index contributed by atoms with van der Waals surface area (Å²) in [6.45, 7) is 3.63. The molecule has 9 heteroatoms. The van der Waals surface area contributed by atoms with Gasteiger partial charge in [-0.1, -0.05) is 0 Å². The lowest BCUT2D eigenvalue weighted by atomic mass is 10.0. The molecular weight excluding hydrogens is 355 g/mol. The zero-order chi connectivity index (χ0) is 19.1. The quantitative estimate of drug-likeness (QED) is 0.786. The van der Waals surface area contributed by atoms with Gasteiger partial charge in [-0.2, -0.15) is 0 Å². The van der Waals surface area contributed by atoms with Gasteiger partial charge in [0.1, 0.15) is 6.10 Å². The standard InChI is InChI=1S/C18H23FN4O4/c1-10(24)21-8-16-15-6-12-13(23(15)18(25)27-16)2-3-14(17(12)19)22-4-5-26-11(7-20)9-22/h2-3,11,15-16H,4-9,20H2,1H3,(H,21,24)/t11-,15-,16-/m0/s1. The van der Waals surface area contributed by atoms with E-state index in [1.807, 2.05) is 4.90 Å². The number of fused-ring (bicyclic) bond motifs is 3. The molecule has 0 bridgehead atoms. The number of hydrogen-bond acceptors (Lipinski definition) is 6. The summed E-state index contributed by atoms with van der Waals surface area (Å²) in [5.74, 6) is -0.513. The van der Waals surface area contributed by atoms with Crippen LogP contribution in [0.3, 0.4) is 0 Å². The SMILES string of the molecule is CC(=O)NC[C@@H]1OC(=O)N2c3ccc(N4CCO[C@@H](CN)C4)c(F)c3C[C@@H]12. The average molecular weight is 378 g/mol. The van der Waals surface area contributed by atoms with Crippen molar-refractivity contribution in [1.29, 1.82) is 0 Å². The van der Waals surface area contributed by atoms with Gasteiger partial charge in [0.2, 0.25) is 5.91 Å². The Morgan fingerprint density at radius 2 is 2.19 bits per heavy atom. The second-order valence-electron chi connectivity index (χ2n) is 7.07. The van der Waals surface area contributed by atoms with Crippen molar-refractivity contribution in [3.63, 3.8) is 0 Å². The third-order valence-corrected chi connectivity index (χ3v) is 5.38. The predicted octanol–water partition coefficient (Wildman–Crippen LogP) is 0.376. The summed E-state index contributed by atoms with van der Waals surface area (Å²) >= 11 is 0. The van der Waals surface area contributed by atoms with E-state index in [0.29, 0.717) is 49.6 Å². The van der Waals surface area contributed by atoms with Gasteiger partial charge in [-0.15, -0.1) is 0 Å². The molecule has 2 fully saturated rings. The maximum absolute atomic E-state index is 15.3. The molecule has 0 spiro atoms. The first-order chi connectivity index (χ1) is 13.0. The number of carbonyl (C=O) groups is 2. The number of nitrogens with two attached hydrogens (primary N) is 1. The van der Waals surface area contributed by atoms with Crippen LogP contribution in [0, 0.1) is 5.82 Å². The number of rotatable bonds is 4. The molecule has 8 nitrogen and oxygen atoms in total. The first kappa shape index (κ1) is 18.0. The highest BCUT2D eigenvalue weighted by Crippen LogP contribution is 2.42. The minimum Gasteiger partial charge on any atom is -0.442 e. The molecule has 0 saturated carbocycles. The maximum atomic E-state index is 15.3. The molecule has 0 radical (unpaired) electrons. The molecule has 4 rings (SSSR count). The van der Waals surface area contributed by atoms with E-state index >= 15 is 4.39 Å². The van der Waals surface area contributed by atoms with Gasteiger partial charge >= 0.3 is 6.09 Å². The van der Waals surface area contributed by atoms with Crippen molar-refractivity contribution in [3.05, 3.63) is 23.5 Å². The molecule has 3 aliphatic rings. The van der Waals surface area contributed by atoms with Gasteiger partial charge in [0.05, 0.1) is 36.7 Å². The summed E-state index contributed by atoms with van der Waals surface area (Å²) in [5, 5.41) is 2.67. The third kappa shape index (κ3) is 3.10. The number of halogens is 1. The summed E-state index contributed by atoms with van der Waals surface area (Å²) in [4.78, 5) is 26.9. The minimum absolute atomic E-state index is 0.119. The van der Waals surface area contributed by atoms with Gasteiger partial charge in [-0.25, -0.2) is 9.18 Å². The zero-order valence-corrected chi connectivity index (χ0v) is 15.1. The number of benzene rings is 1. The largest absolute Gasteiger partial charge is 0.442 e. The van der Waals surface area contributed by atoms with Crippen molar-refractivity contribution >= 4 is 23.4 Å². The first-order valence-corrected chi connectivity index (χ1v) is 9.12. The lowest BCUT2D eigenvalue weighted by Crippen LogP contribution is -2.46. The number of cyclic esters (lactones) is 1. The topological polar surface area (TPSA) is 97.1 Å². The van der Waals surface area contributed by atoms with Gasteiger partial charge in [-0.3, -0.25) is 9.69 Å². The molecule has 3 atom stereocenters. The molecule has 2 saturated heterocycles. The third-order valence-electron chi connectivity index (χ3n) is 5.38. The Morgan fingerprint density at radius 1 is 1.41 bits per heavy atom. The van der Waals surface area contributed by atoms with Gasteiger partial charge in [-0.05, 0) is 12.1 Å². The van der Waals surface area contributed by atoms with E-state index < -0.39 is 12.2 Å². The molecule has 2 amide bonds. The van der Waals surface area contributed by atoms with Crippen LogP contribution in [-0.2, 0) is 20.7 Å². The molecule has 3 N–H and O–H groups in total. The molecule has 1 aromatic rings. The fourth-order valence-corrected chi connectivity index (χ4v) is 4.04. The van der Waals surface area contributed by atoms with Crippen molar-refractivity contribution in [1.82, 2.24) is 5.32 Å². The van der Waals surface area contributed by atoms with Crippen molar-refractivity contribution < 1.29 is 23.5 Å². The maximum Gasteiger partial charge on any atom is 0.415 e. The Balaban J connectivity index is 1.59. The van der Waals surface area contributed by atoms with Crippen LogP contribution in [0.1, 0.15) is 12.5 Å². The predicted molar refractivity (Wildman–Crippen MR) is 96.3 cm³/mol. The van der Waals surface area contributed by atoms with Gasteiger partial charge in [0.25, 0.3) is 0 Å². The summed E-state index contributed by atoms with van der Waals surface area (Å²) < 4.78 is 26.2. The van der Waals surface area contributed by atoms with Crippen molar-refractivity contribution in [2.75, 3.05) is 42.6 Å². The fraction of sp³-hybridized carbons (Fsp3) is 0.556. The van der Waals surface area contributed by atoms with Gasteiger partial charge in [0.15, 0.2) is 5.82 Å². The lowest BCUT2D eigenvalue weighted by Gasteiger charge is -2.34. The normalized spacial score (nSPS) is 26.6. The number of amides is 2. The Hall–Kier alpha value is -2.39. The second kappa shape index (κ2) is 6.97. The summed E-state index contributed by atoms with van der Waals surface area (Å²) in [6, 6.07) is 3.15. The highest BCUT2D eigenvalue weighted by atomic mass is 19.1. The second-order valence-corrected chi connectivity index (χ2v) is 7.07. The molecule has 3 heterocycles. The molecule has 1 aromatic carbocycles. The van der Waals surface area contributed by atoms with Crippen LogP contribution in [0.15, 0.2) is 12.1 Å². The van der Waals surface area contributed by atoms with Crippen LogP contribution in [0.25, 0.3) is 0 Å². The van der Waals surface area contributed by atoms with E-state index in [4.69, 9.17) is 15.2 Å². The smallest absolute Gasteiger partial charge is 0.415 e. The molecule has 0 aromatic heterocycles. The number of morpholine rings is 1. The highest BCUT2D eigenvalue weighted by Gasteiger charge is 2.48.